The smallest absolute Gasteiger partial charge is 0.171 e. The van der Waals surface area contributed by atoms with Crippen LogP contribution in [0.5, 0.6) is 0 Å². The molecule has 2 aromatic rings. The molecule has 0 spiro atoms. The third kappa shape index (κ3) is 1.70. The zero-order valence-corrected chi connectivity index (χ0v) is 10.3. The largest absolute Gasteiger partial charge is 0.473 e. The van der Waals surface area contributed by atoms with Gasteiger partial charge in [-0.1, -0.05) is 60.7 Å². The van der Waals surface area contributed by atoms with E-state index in [-0.39, 0.29) is 11.6 Å². The zero-order valence-electron chi connectivity index (χ0n) is 10.3. The van der Waals surface area contributed by atoms with E-state index < -0.39 is 0 Å². The van der Waals surface area contributed by atoms with Crippen LogP contribution in [0.1, 0.15) is 24.2 Å². The Kier molecular flexibility index (Phi) is 2.63. The molecular formula is C16H15NO. The first kappa shape index (κ1) is 11.0. The Morgan fingerprint density at radius 2 is 1.56 bits per heavy atom. The highest BCUT2D eigenvalue weighted by Gasteiger charge is 2.41. The van der Waals surface area contributed by atoms with Crippen molar-refractivity contribution in [1.82, 2.24) is 0 Å². The lowest BCUT2D eigenvalue weighted by Crippen LogP contribution is -2.25. The molecule has 2 heteroatoms. The molecule has 0 aliphatic carbocycles. The van der Waals surface area contributed by atoms with Crippen LogP contribution in [0.25, 0.3) is 0 Å². The standard InChI is InChI=1S/C16H15NO/c1-16(14-10-6-3-7-11-14)15(18-12-17-16)13-8-4-2-5-9-13/h2-12,15H,1H3. The van der Waals surface area contributed by atoms with Crippen molar-refractivity contribution in [3.8, 4) is 0 Å². The molecular weight excluding hydrogens is 222 g/mol. The summed E-state index contributed by atoms with van der Waals surface area (Å²) in [6, 6.07) is 20.5. The number of ether oxygens (including phenoxy) is 1. The van der Waals surface area contributed by atoms with E-state index in [1.165, 1.54) is 5.56 Å². The first-order chi connectivity index (χ1) is 8.81. The van der Waals surface area contributed by atoms with Gasteiger partial charge in [0, 0.05) is 0 Å². The summed E-state index contributed by atoms with van der Waals surface area (Å²) in [5.41, 5.74) is 1.98. The second kappa shape index (κ2) is 4.30. The lowest BCUT2D eigenvalue weighted by molar-refractivity contribution is 0.153. The second-order valence-electron chi connectivity index (χ2n) is 4.67. The molecule has 18 heavy (non-hydrogen) atoms. The van der Waals surface area contributed by atoms with Gasteiger partial charge in [0.15, 0.2) is 12.5 Å². The summed E-state index contributed by atoms with van der Waals surface area (Å²) >= 11 is 0. The van der Waals surface area contributed by atoms with Gasteiger partial charge in [0.2, 0.25) is 0 Å². The molecule has 3 rings (SSSR count). The molecule has 0 N–H and O–H groups in total. The molecule has 0 fully saturated rings. The molecule has 2 nitrogen and oxygen atoms in total. The number of nitrogens with zero attached hydrogens (tertiary/aromatic N) is 1. The Balaban J connectivity index is 2.03. The summed E-state index contributed by atoms with van der Waals surface area (Å²) in [7, 11) is 0. The average molecular weight is 237 g/mol. The fraction of sp³-hybridized carbons (Fsp3) is 0.188. The van der Waals surface area contributed by atoms with E-state index in [2.05, 4.69) is 36.2 Å². The molecule has 0 bridgehead atoms. The molecule has 0 amide bonds. The van der Waals surface area contributed by atoms with E-state index in [9.17, 15) is 0 Å². The highest BCUT2D eigenvalue weighted by molar-refractivity contribution is 5.54. The second-order valence-corrected chi connectivity index (χ2v) is 4.67. The normalized spacial score (nSPS) is 25.9. The number of rotatable bonds is 2. The van der Waals surface area contributed by atoms with E-state index in [0.717, 1.165) is 5.56 Å². The molecule has 0 saturated carbocycles. The number of benzene rings is 2. The van der Waals surface area contributed by atoms with Crippen LogP contribution in [0, 0.1) is 0 Å². The molecule has 2 aromatic carbocycles. The van der Waals surface area contributed by atoms with Crippen LogP contribution in [0.2, 0.25) is 0 Å². The van der Waals surface area contributed by atoms with E-state index in [1.807, 2.05) is 36.4 Å². The van der Waals surface area contributed by atoms with Crippen molar-refractivity contribution < 1.29 is 4.74 Å². The van der Waals surface area contributed by atoms with Crippen molar-refractivity contribution in [3.05, 3.63) is 71.8 Å². The minimum absolute atomic E-state index is 0.0545. The van der Waals surface area contributed by atoms with E-state index in [1.54, 1.807) is 6.40 Å². The van der Waals surface area contributed by atoms with Crippen LogP contribution in [0.3, 0.4) is 0 Å². The molecule has 0 radical (unpaired) electrons. The van der Waals surface area contributed by atoms with Gasteiger partial charge in [-0.15, -0.1) is 0 Å². The van der Waals surface area contributed by atoms with Crippen molar-refractivity contribution >= 4 is 6.40 Å². The minimum atomic E-state index is -0.345. The Morgan fingerprint density at radius 3 is 2.22 bits per heavy atom. The van der Waals surface area contributed by atoms with Gasteiger partial charge in [-0.05, 0) is 18.1 Å². The Hall–Kier alpha value is -2.09. The highest BCUT2D eigenvalue weighted by atomic mass is 16.5. The van der Waals surface area contributed by atoms with Gasteiger partial charge in [-0.2, -0.15) is 0 Å². The fourth-order valence-corrected chi connectivity index (χ4v) is 2.43. The molecule has 1 aliphatic rings. The van der Waals surface area contributed by atoms with Gasteiger partial charge in [-0.25, -0.2) is 4.99 Å². The predicted molar refractivity (Wildman–Crippen MR) is 72.6 cm³/mol. The lowest BCUT2D eigenvalue weighted by atomic mass is 9.84. The third-order valence-electron chi connectivity index (χ3n) is 3.49. The SMILES string of the molecule is CC1(c2ccccc2)N=COC1c1ccccc1. The maximum absolute atomic E-state index is 5.72. The number of hydrogen-bond acceptors (Lipinski definition) is 2. The summed E-state index contributed by atoms with van der Waals surface area (Å²) in [6.45, 7) is 2.11. The van der Waals surface area contributed by atoms with Gasteiger partial charge < -0.3 is 4.74 Å². The van der Waals surface area contributed by atoms with Crippen LogP contribution in [-0.4, -0.2) is 6.40 Å². The van der Waals surface area contributed by atoms with Crippen molar-refractivity contribution in [2.75, 3.05) is 0 Å². The van der Waals surface area contributed by atoms with Crippen LogP contribution in [0.4, 0.5) is 0 Å². The van der Waals surface area contributed by atoms with Crippen LogP contribution in [0.15, 0.2) is 65.7 Å². The Morgan fingerprint density at radius 1 is 0.944 bits per heavy atom. The number of aliphatic imine (C=N–C) groups is 1. The maximum Gasteiger partial charge on any atom is 0.171 e. The first-order valence-electron chi connectivity index (χ1n) is 6.10. The summed E-state index contributed by atoms with van der Waals surface area (Å²) in [6.07, 6.45) is 1.52. The molecule has 1 heterocycles. The van der Waals surface area contributed by atoms with Crippen LogP contribution < -0.4 is 0 Å². The Labute approximate surface area is 107 Å². The highest BCUT2D eigenvalue weighted by Crippen LogP contribution is 2.43. The Bertz CT molecular complexity index is 550. The monoisotopic (exact) mass is 237 g/mol. The van der Waals surface area contributed by atoms with E-state index >= 15 is 0 Å². The zero-order chi connectivity index (χ0) is 12.4. The van der Waals surface area contributed by atoms with Gasteiger partial charge in [-0.3, -0.25) is 0 Å². The van der Waals surface area contributed by atoms with Crippen molar-refractivity contribution in [3.63, 3.8) is 0 Å². The summed E-state index contributed by atoms with van der Waals surface area (Å²) in [5.74, 6) is 0. The van der Waals surface area contributed by atoms with Crippen LogP contribution in [-0.2, 0) is 10.3 Å². The summed E-state index contributed by atoms with van der Waals surface area (Å²) in [4.78, 5) is 4.55. The summed E-state index contributed by atoms with van der Waals surface area (Å²) in [5, 5.41) is 0. The average Bonchev–Trinajstić information content (AvgIpc) is 2.84. The lowest BCUT2D eigenvalue weighted by Gasteiger charge is -2.28. The predicted octanol–water partition coefficient (Wildman–Crippen LogP) is 3.70. The molecule has 2 atom stereocenters. The van der Waals surface area contributed by atoms with Crippen molar-refractivity contribution in [1.29, 1.82) is 0 Å². The topological polar surface area (TPSA) is 21.6 Å². The van der Waals surface area contributed by atoms with E-state index in [4.69, 9.17) is 4.74 Å². The van der Waals surface area contributed by atoms with Gasteiger partial charge in [0.1, 0.15) is 5.54 Å². The quantitative estimate of drug-likeness (QED) is 0.780. The minimum Gasteiger partial charge on any atom is -0.473 e. The van der Waals surface area contributed by atoms with Crippen molar-refractivity contribution in [2.45, 2.75) is 18.6 Å². The van der Waals surface area contributed by atoms with Crippen LogP contribution >= 0.6 is 0 Å². The maximum atomic E-state index is 5.72. The molecule has 2 unspecified atom stereocenters. The first-order valence-corrected chi connectivity index (χ1v) is 6.10. The molecule has 0 saturated heterocycles. The third-order valence-corrected chi connectivity index (χ3v) is 3.49. The van der Waals surface area contributed by atoms with Crippen molar-refractivity contribution in [2.24, 2.45) is 4.99 Å². The van der Waals surface area contributed by atoms with Gasteiger partial charge >= 0.3 is 0 Å². The fourth-order valence-electron chi connectivity index (χ4n) is 2.43. The number of hydrogen-bond donors (Lipinski definition) is 0. The summed E-state index contributed by atoms with van der Waals surface area (Å²) < 4.78 is 5.72. The molecule has 90 valence electrons. The van der Waals surface area contributed by atoms with Gasteiger partial charge in [0.05, 0.1) is 0 Å². The molecule has 1 aliphatic heterocycles. The molecule has 0 aromatic heterocycles. The van der Waals surface area contributed by atoms with E-state index in [0.29, 0.717) is 0 Å². The van der Waals surface area contributed by atoms with Gasteiger partial charge in [0.25, 0.3) is 0 Å².